The number of furan rings is 1. The largest absolute Gasteiger partial charge is 0.442 e. The Bertz CT molecular complexity index is 657. The van der Waals surface area contributed by atoms with Gasteiger partial charge in [0.15, 0.2) is 0 Å². The van der Waals surface area contributed by atoms with Crippen LogP contribution in [0, 0.1) is 6.92 Å². The van der Waals surface area contributed by atoms with Crippen molar-refractivity contribution in [2.24, 2.45) is 0 Å². The molecule has 0 bridgehead atoms. The summed E-state index contributed by atoms with van der Waals surface area (Å²) in [6, 6.07) is 0. The Hall–Kier alpha value is -2.15. The predicted octanol–water partition coefficient (Wildman–Crippen LogP) is 0.325. The Kier molecular flexibility index (Phi) is 3.66. The van der Waals surface area contributed by atoms with Crippen LogP contribution in [0.25, 0.3) is 11.1 Å². The van der Waals surface area contributed by atoms with Crippen molar-refractivity contribution in [2.45, 2.75) is 26.4 Å². The van der Waals surface area contributed by atoms with Gasteiger partial charge in [-0.3, -0.25) is 9.59 Å². The minimum Gasteiger partial charge on any atom is -0.442 e. The van der Waals surface area contributed by atoms with Gasteiger partial charge in [0.2, 0.25) is 5.71 Å². The molecule has 0 saturated carbocycles. The lowest BCUT2D eigenvalue weighted by atomic mass is 10.1. The van der Waals surface area contributed by atoms with Crippen molar-refractivity contribution in [3.63, 3.8) is 0 Å². The Morgan fingerprint density at radius 1 is 1.63 bits per heavy atom. The van der Waals surface area contributed by atoms with Crippen molar-refractivity contribution in [3.8, 4) is 0 Å². The molecule has 2 heterocycles. The third-order valence-corrected chi connectivity index (χ3v) is 2.74. The molecule has 3 N–H and O–H groups in total. The SMILES string of the molecule is Cc1oc2nc[nH]c(=O)c2c1C(=O)NCCC(C)O. The van der Waals surface area contributed by atoms with Gasteiger partial charge in [-0.2, -0.15) is 0 Å². The fourth-order valence-corrected chi connectivity index (χ4v) is 1.81. The highest BCUT2D eigenvalue weighted by molar-refractivity contribution is 6.06. The summed E-state index contributed by atoms with van der Waals surface area (Å²) in [7, 11) is 0. The van der Waals surface area contributed by atoms with E-state index in [0.717, 1.165) is 0 Å². The number of aromatic amines is 1. The number of carbonyl (C=O) groups is 1. The number of aliphatic hydroxyl groups is 1. The molecule has 1 unspecified atom stereocenters. The molecule has 0 spiro atoms. The van der Waals surface area contributed by atoms with E-state index in [9.17, 15) is 9.59 Å². The fraction of sp³-hybridized carbons (Fsp3) is 0.417. The number of hydrogen-bond acceptors (Lipinski definition) is 5. The zero-order valence-corrected chi connectivity index (χ0v) is 10.7. The highest BCUT2D eigenvalue weighted by Gasteiger charge is 2.21. The van der Waals surface area contributed by atoms with Crippen LogP contribution < -0.4 is 10.9 Å². The smallest absolute Gasteiger partial charge is 0.262 e. The van der Waals surface area contributed by atoms with Crippen molar-refractivity contribution in [2.75, 3.05) is 6.54 Å². The fourth-order valence-electron chi connectivity index (χ4n) is 1.81. The maximum Gasteiger partial charge on any atom is 0.262 e. The van der Waals surface area contributed by atoms with Gasteiger partial charge in [-0.25, -0.2) is 4.98 Å². The van der Waals surface area contributed by atoms with Crippen LogP contribution in [-0.4, -0.2) is 33.6 Å². The molecule has 2 aromatic rings. The molecule has 0 aliphatic carbocycles. The summed E-state index contributed by atoms with van der Waals surface area (Å²) in [6.07, 6.45) is 1.17. The molecule has 102 valence electrons. The highest BCUT2D eigenvalue weighted by atomic mass is 16.3. The minimum absolute atomic E-state index is 0.141. The summed E-state index contributed by atoms with van der Waals surface area (Å²) in [5.74, 6) is -0.0656. The van der Waals surface area contributed by atoms with Gasteiger partial charge >= 0.3 is 0 Å². The molecule has 0 aliphatic heterocycles. The average Bonchev–Trinajstić information content (AvgIpc) is 2.66. The van der Waals surface area contributed by atoms with E-state index < -0.39 is 17.6 Å². The molecule has 2 aromatic heterocycles. The van der Waals surface area contributed by atoms with Crippen LogP contribution in [-0.2, 0) is 0 Å². The van der Waals surface area contributed by atoms with Crippen molar-refractivity contribution < 1.29 is 14.3 Å². The van der Waals surface area contributed by atoms with E-state index in [1.807, 2.05) is 0 Å². The third-order valence-electron chi connectivity index (χ3n) is 2.74. The Balaban J connectivity index is 2.31. The van der Waals surface area contributed by atoms with Gasteiger partial charge in [-0.15, -0.1) is 0 Å². The van der Waals surface area contributed by atoms with Gasteiger partial charge in [0, 0.05) is 6.54 Å². The number of aromatic nitrogens is 2. The van der Waals surface area contributed by atoms with Crippen LogP contribution in [0.4, 0.5) is 0 Å². The number of hydrogen-bond donors (Lipinski definition) is 3. The lowest BCUT2D eigenvalue weighted by molar-refractivity contribution is 0.0945. The van der Waals surface area contributed by atoms with Crippen molar-refractivity contribution in [1.82, 2.24) is 15.3 Å². The van der Waals surface area contributed by atoms with Crippen molar-refractivity contribution in [1.29, 1.82) is 0 Å². The number of aryl methyl sites for hydroxylation is 1. The first-order valence-electron chi connectivity index (χ1n) is 5.93. The lowest BCUT2D eigenvalue weighted by Crippen LogP contribution is -2.27. The van der Waals surface area contributed by atoms with Gasteiger partial charge in [0.25, 0.3) is 11.5 Å². The summed E-state index contributed by atoms with van der Waals surface area (Å²) in [4.78, 5) is 30.0. The van der Waals surface area contributed by atoms with Crippen LogP contribution in [0.3, 0.4) is 0 Å². The first kappa shape index (κ1) is 13.3. The molecule has 7 heteroatoms. The van der Waals surface area contributed by atoms with Crippen LogP contribution in [0.1, 0.15) is 29.5 Å². The number of H-pyrrole nitrogens is 1. The van der Waals surface area contributed by atoms with E-state index in [1.165, 1.54) is 6.33 Å². The Morgan fingerprint density at radius 2 is 2.37 bits per heavy atom. The molecule has 19 heavy (non-hydrogen) atoms. The first-order chi connectivity index (χ1) is 9.00. The highest BCUT2D eigenvalue weighted by Crippen LogP contribution is 2.20. The topological polar surface area (TPSA) is 108 Å². The maximum atomic E-state index is 12.0. The molecule has 7 nitrogen and oxygen atoms in total. The summed E-state index contributed by atoms with van der Waals surface area (Å²) in [6.45, 7) is 3.56. The monoisotopic (exact) mass is 265 g/mol. The molecular formula is C12H15N3O4. The quantitative estimate of drug-likeness (QED) is 0.738. The summed E-state index contributed by atoms with van der Waals surface area (Å²) in [5, 5.41) is 11.9. The van der Waals surface area contributed by atoms with Gasteiger partial charge in [0.05, 0.1) is 18.0 Å². The number of nitrogens with zero attached hydrogens (tertiary/aromatic N) is 1. The standard InChI is InChI=1S/C12H15N3O4/c1-6(16)3-4-13-10(17)8-7(2)19-12-9(8)11(18)14-5-15-12/h5-6,16H,3-4H2,1-2H3,(H,13,17)(H,14,15,18). The molecule has 0 radical (unpaired) electrons. The average molecular weight is 265 g/mol. The molecule has 0 aliphatic rings. The second kappa shape index (κ2) is 5.23. The number of nitrogens with one attached hydrogen (secondary N) is 2. The van der Waals surface area contributed by atoms with Gasteiger partial charge < -0.3 is 19.8 Å². The zero-order valence-electron chi connectivity index (χ0n) is 10.7. The number of amides is 1. The molecule has 1 atom stereocenters. The van der Waals surface area contributed by atoms with E-state index in [0.29, 0.717) is 18.7 Å². The van der Waals surface area contributed by atoms with E-state index in [1.54, 1.807) is 13.8 Å². The maximum absolute atomic E-state index is 12.0. The van der Waals surface area contributed by atoms with E-state index in [2.05, 4.69) is 15.3 Å². The van der Waals surface area contributed by atoms with Crippen molar-refractivity contribution >= 4 is 17.0 Å². The number of aliphatic hydroxyl groups excluding tert-OH is 1. The Labute approximate surface area is 108 Å². The van der Waals surface area contributed by atoms with Gasteiger partial charge in [-0.1, -0.05) is 0 Å². The zero-order chi connectivity index (χ0) is 14.0. The van der Waals surface area contributed by atoms with E-state index in [4.69, 9.17) is 9.52 Å². The van der Waals surface area contributed by atoms with Crippen LogP contribution in [0.15, 0.2) is 15.5 Å². The molecule has 0 aromatic carbocycles. The second-order valence-electron chi connectivity index (χ2n) is 4.34. The molecule has 1 amide bonds. The number of carbonyl (C=O) groups excluding carboxylic acids is 1. The molecule has 0 saturated heterocycles. The molecule has 2 rings (SSSR count). The minimum atomic E-state index is -0.493. The second-order valence-corrected chi connectivity index (χ2v) is 4.34. The van der Waals surface area contributed by atoms with Crippen LogP contribution >= 0.6 is 0 Å². The predicted molar refractivity (Wildman–Crippen MR) is 68.0 cm³/mol. The van der Waals surface area contributed by atoms with Crippen LogP contribution in [0.2, 0.25) is 0 Å². The normalized spacial score (nSPS) is 12.6. The van der Waals surface area contributed by atoms with Gasteiger partial charge in [0.1, 0.15) is 11.1 Å². The summed E-state index contributed by atoms with van der Waals surface area (Å²) < 4.78 is 5.29. The number of rotatable bonds is 4. The lowest BCUT2D eigenvalue weighted by Gasteiger charge is -2.06. The Morgan fingerprint density at radius 3 is 3.05 bits per heavy atom. The van der Waals surface area contributed by atoms with Crippen molar-refractivity contribution in [3.05, 3.63) is 28.0 Å². The van der Waals surface area contributed by atoms with Gasteiger partial charge in [-0.05, 0) is 20.3 Å². The third kappa shape index (κ3) is 2.65. The first-order valence-corrected chi connectivity index (χ1v) is 5.93. The number of fused-ring (bicyclic) bond motifs is 1. The summed E-state index contributed by atoms with van der Waals surface area (Å²) in [5.41, 5.74) is -0.0839. The van der Waals surface area contributed by atoms with E-state index >= 15 is 0 Å². The van der Waals surface area contributed by atoms with E-state index in [-0.39, 0.29) is 16.7 Å². The van der Waals surface area contributed by atoms with Crippen LogP contribution in [0.5, 0.6) is 0 Å². The molecular weight excluding hydrogens is 250 g/mol. The summed E-state index contributed by atoms with van der Waals surface area (Å²) >= 11 is 0. The molecule has 0 fully saturated rings.